The first-order valence-corrected chi connectivity index (χ1v) is 7.98. The predicted molar refractivity (Wildman–Crippen MR) is 86.7 cm³/mol. The van der Waals surface area contributed by atoms with E-state index in [4.69, 9.17) is 16.3 Å². The largest absolute Gasteiger partial charge is 0.496 e. The van der Waals surface area contributed by atoms with Crippen molar-refractivity contribution in [3.05, 3.63) is 53.6 Å². The van der Waals surface area contributed by atoms with Gasteiger partial charge in [0.1, 0.15) is 5.75 Å². The Morgan fingerprint density at radius 3 is 2.61 bits per heavy atom. The van der Waals surface area contributed by atoms with E-state index in [-0.39, 0.29) is 16.2 Å². The quantitative estimate of drug-likeness (QED) is 0.831. The number of hydrogen-bond donors (Lipinski definition) is 2. The van der Waals surface area contributed by atoms with E-state index in [1.54, 1.807) is 24.3 Å². The molecule has 0 aliphatic carbocycles. The standard InChI is InChI=1S/C16H14N2O4S/c1-3-11-5-4-6-12(9-11)18-16(19)14-10-13(23(17,20)21)7-8-15(14)22-2/h1,4-10H,2H3,(H,18,19)(H2,17,20,21). The molecule has 0 bridgehead atoms. The van der Waals surface area contributed by atoms with Crippen molar-refractivity contribution in [2.45, 2.75) is 4.90 Å². The van der Waals surface area contributed by atoms with Crippen LogP contribution >= 0.6 is 0 Å². The molecule has 0 spiro atoms. The van der Waals surface area contributed by atoms with Crippen LogP contribution < -0.4 is 15.2 Å². The maximum atomic E-state index is 12.4. The van der Waals surface area contributed by atoms with Crippen LogP contribution in [0.25, 0.3) is 0 Å². The van der Waals surface area contributed by atoms with E-state index >= 15 is 0 Å². The van der Waals surface area contributed by atoms with Gasteiger partial charge in [-0.25, -0.2) is 13.6 Å². The van der Waals surface area contributed by atoms with Crippen molar-refractivity contribution in [1.29, 1.82) is 0 Å². The van der Waals surface area contributed by atoms with E-state index in [1.165, 1.54) is 19.2 Å². The molecule has 0 aliphatic heterocycles. The smallest absolute Gasteiger partial charge is 0.259 e. The van der Waals surface area contributed by atoms with Crippen LogP contribution in [0.4, 0.5) is 5.69 Å². The van der Waals surface area contributed by atoms with Crippen molar-refractivity contribution < 1.29 is 17.9 Å². The van der Waals surface area contributed by atoms with Crippen molar-refractivity contribution >= 4 is 21.6 Å². The highest BCUT2D eigenvalue weighted by molar-refractivity contribution is 7.89. The van der Waals surface area contributed by atoms with Crippen LogP contribution in [0.2, 0.25) is 0 Å². The molecule has 2 aromatic carbocycles. The van der Waals surface area contributed by atoms with Gasteiger partial charge in [-0.3, -0.25) is 4.79 Å². The van der Waals surface area contributed by atoms with E-state index < -0.39 is 15.9 Å². The zero-order chi connectivity index (χ0) is 17.0. The van der Waals surface area contributed by atoms with E-state index in [2.05, 4.69) is 11.2 Å². The van der Waals surface area contributed by atoms with E-state index in [0.29, 0.717) is 11.3 Å². The normalized spacial score (nSPS) is 10.7. The van der Waals surface area contributed by atoms with Crippen molar-refractivity contribution in [3.63, 3.8) is 0 Å². The summed E-state index contributed by atoms with van der Waals surface area (Å²) in [5.74, 6) is 2.14. The molecule has 0 saturated heterocycles. The molecular weight excluding hydrogens is 316 g/mol. The third kappa shape index (κ3) is 3.88. The molecule has 1 amide bonds. The van der Waals surface area contributed by atoms with Crippen molar-refractivity contribution in [2.24, 2.45) is 5.14 Å². The molecule has 0 saturated carbocycles. The van der Waals surface area contributed by atoms with Gasteiger partial charge in [-0.15, -0.1) is 6.42 Å². The number of carbonyl (C=O) groups excluding carboxylic acids is 1. The first-order valence-electron chi connectivity index (χ1n) is 6.44. The monoisotopic (exact) mass is 330 g/mol. The molecule has 0 fully saturated rings. The van der Waals surface area contributed by atoms with Gasteiger partial charge in [-0.1, -0.05) is 12.0 Å². The molecule has 3 N–H and O–H groups in total. The fourth-order valence-corrected chi connectivity index (χ4v) is 2.47. The molecule has 23 heavy (non-hydrogen) atoms. The highest BCUT2D eigenvalue weighted by Crippen LogP contribution is 2.23. The molecule has 118 valence electrons. The zero-order valence-corrected chi connectivity index (χ0v) is 13.1. The Kier molecular flexibility index (Phi) is 4.69. The van der Waals surface area contributed by atoms with Crippen molar-refractivity contribution in [3.8, 4) is 18.1 Å². The number of amides is 1. The minimum atomic E-state index is -3.93. The minimum absolute atomic E-state index is 0.0464. The number of benzene rings is 2. The number of anilines is 1. The number of carbonyl (C=O) groups is 1. The van der Waals surface area contributed by atoms with Crippen LogP contribution in [-0.2, 0) is 10.0 Å². The van der Waals surface area contributed by atoms with Gasteiger partial charge in [-0.05, 0) is 36.4 Å². The van der Waals surface area contributed by atoms with Crippen LogP contribution in [-0.4, -0.2) is 21.4 Å². The lowest BCUT2D eigenvalue weighted by Gasteiger charge is -2.11. The Morgan fingerprint density at radius 1 is 1.26 bits per heavy atom. The molecular formula is C16H14N2O4S. The first kappa shape index (κ1) is 16.5. The SMILES string of the molecule is C#Cc1cccc(NC(=O)c2cc(S(N)(=O)=O)ccc2OC)c1. The van der Waals surface area contributed by atoms with E-state index in [9.17, 15) is 13.2 Å². The highest BCUT2D eigenvalue weighted by atomic mass is 32.2. The molecule has 2 aromatic rings. The van der Waals surface area contributed by atoms with Gasteiger partial charge in [0.2, 0.25) is 10.0 Å². The molecule has 7 heteroatoms. The van der Waals surface area contributed by atoms with Crippen molar-refractivity contribution in [2.75, 3.05) is 12.4 Å². The molecule has 0 aromatic heterocycles. The van der Waals surface area contributed by atoms with E-state index in [1.807, 2.05) is 0 Å². The summed E-state index contributed by atoms with van der Waals surface area (Å²) in [6.45, 7) is 0. The maximum Gasteiger partial charge on any atom is 0.259 e. The molecule has 0 atom stereocenters. The van der Waals surface area contributed by atoms with Crippen LogP contribution in [0.5, 0.6) is 5.75 Å². The summed E-state index contributed by atoms with van der Waals surface area (Å²) in [6.07, 6.45) is 5.31. The number of rotatable bonds is 4. The summed E-state index contributed by atoms with van der Waals surface area (Å²) in [5, 5.41) is 7.72. The number of sulfonamides is 1. The third-order valence-corrected chi connectivity index (χ3v) is 3.94. The van der Waals surface area contributed by atoms with Gasteiger partial charge in [0.15, 0.2) is 0 Å². The van der Waals surface area contributed by atoms with Gasteiger partial charge >= 0.3 is 0 Å². The Balaban J connectivity index is 2.39. The fraction of sp³-hybridized carbons (Fsp3) is 0.0625. The molecule has 0 unspecified atom stereocenters. The first-order chi connectivity index (χ1) is 10.8. The minimum Gasteiger partial charge on any atom is -0.496 e. The molecule has 6 nitrogen and oxygen atoms in total. The second-order valence-electron chi connectivity index (χ2n) is 4.59. The third-order valence-electron chi connectivity index (χ3n) is 3.03. The fourth-order valence-electron chi connectivity index (χ4n) is 1.93. The molecule has 2 rings (SSSR count). The Hall–Kier alpha value is -2.82. The number of ether oxygens (including phenoxy) is 1. The molecule has 0 aliphatic rings. The molecule has 0 heterocycles. The van der Waals surface area contributed by atoms with Crippen LogP contribution in [0.1, 0.15) is 15.9 Å². The Labute approximate surface area is 134 Å². The summed E-state index contributed by atoms with van der Waals surface area (Å²) >= 11 is 0. The van der Waals surface area contributed by atoms with Crippen molar-refractivity contribution in [1.82, 2.24) is 0 Å². The van der Waals surface area contributed by atoms with Gasteiger partial charge in [0.05, 0.1) is 17.6 Å². The lowest BCUT2D eigenvalue weighted by molar-refractivity contribution is 0.102. The average Bonchev–Trinajstić information content (AvgIpc) is 2.53. The highest BCUT2D eigenvalue weighted by Gasteiger charge is 2.17. The average molecular weight is 330 g/mol. The lowest BCUT2D eigenvalue weighted by atomic mass is 10.1. The second kappa shape index (κ2) is 6.52. The number of nitrogens with two attached hydrogens (primary N) is 1. The predicted octanol–water partition coefficient (Wildman–Crippen LogP) is 1.58. The summed E-state index contributed by atoms with van der Waals surface area (Å²) in [7, 11) is -2.55. The zero-order valence-electron chi connectivity index (χ0n) is 12.2. The van der Waals surface area contributed by atoms with Gasteiger partial charge < -0.3 is 10.1 Å². The number of primary sulfonamides is 1. The Morgan fingerprint density at radius 2 is 2.00 bits per heavy atom. The van der Waals surface area contributed by atoms with Gasteiger partial charge in [0, 0.05) is 11.3 Å². The number of terminal acetylenes is 1. The summed E-state index contributed by atoms with van der Waals surface area (Å²) in [6, 6.07) is 10.5. The van der Waals surface area contributed by atoms with Gasteiger partial charge in [0.25, 0.3) is 5.91 Å². The summed E-state index contributed by atoms with van der Waals surface area (Å²) < 4.78 is 28.0. The van der Waals surface area contributed by atoms with Crippen LogP contribution in [0, 0.1) is 12.3 Å². The van der Waals surface area contributed by atoms with E-state index in [0.717, 1.165) is 6.07 Å². The number of methoxy groups -OCH3 is 1. The molecule has 0 radical (unpaired) electrons. The van der Waals surface area contributed by atoms with Gasteiger partial charge in [-0.2, -0.15) is 0 Å². The number of hydrogen-bond acceptors (Lipinski definition) is 4. The van der Waals surface area contributed by atoms with Crippen LogP contribution in [0.15, 0.2) is 47.4 Å². The summed E-state index contributed by atoms with van der Waals surface area (Å²) in [4.78, 5) is 12.2. The lowest BCUT2D eigenvalue weighted by Crippen LogP contribution is -2.16. The maximum absolute atomic E-state index is 12.4. The van der Waals surface area contributed by atoms with Crippen LogP contribution in [0.3, 0.4) is 0 Å². The Bertz CT molecular complexity index is 899. The number of nitrogens with one attached hydrogen (secondary N) is 1. The second-order valence-corrected chi connectivity index (χ2v) is 6.15. The topological polar surface area (TPSA) is 98.5 Å². The summed E-state index contributed by atoms with van der Waals surface area (Å²) in [5.41, 5.74) is 1.13.